The predicted molar refractivity (Wildman–Crippen MR) is 69.4 cm³/mol. The van der Waals surface area contributed by atoms with Crippen molar-refractivity contribution in [1.29, 1.82) is 0 Å². The maximum Gasteiger partial charge on any atom is 0.240 e. The number of benzene rings is 1. The second kappa shape index (κ2) is 4.75. The average Bonchev–Trinajstić information content (AvgIpc) is 3.01. The van der Waals surface area contributed by atoms with Crippen LogP contribution in [0.3, 0.4) is 0 Å². The first-order valence-electron chi connectivity index (χ1n) is 6.47. The molecule has 2 aromatic rings. The Hall–Kier alpha value is -1.72. The zero-order chi connectivity index (χ0) is 13.3. The van der Waals surface area contributed by atoms with Crippen LogP contribution >= 0.6 is 0 Å². The Balaban J connectivity index is 1.81. The minimum absolute atomic E-state index is 0.0666. The quantitative estimate of drug-likeness (QED) is 0.866. The van der Waals surface area contributed by atoms with Crippen molar-refractivity contribution in [1.82, 2.24) is 15.5 Å². The molecule has 5 nitrogen and oxygen atoms in total. The molecule has 0 spiro atoms. The van der Waals surface area contributed by atoms with Crippen LogP contribution in [0.4, 0.5) is 0 Å². The Morgan fingerprint density at radius 3 is 3.00 bits per heavy atom. The molecule has 100 valence electrons. The van der Waals surface area contributed by atoms with E-state index in [-0.39, 0.29) is 12.1 Å². The van der Waals surface area contributed by atoms with Crippen molar-refractivity contribution in [2.24, 2.45) is 0 Å². The Morgan fingerprint density at radius 2 is 2.26 bits per heavy atom. The van der Waals surface area contributed by atoms with Crippen LogP contribution in [0.1, 0.15) is 29.3 Å². The fraction of sp³-hybridized carbons (Fsp3) is 0.429. The molecule has 0 aliphatic heterocycles. The van der Waals surface area contributed by atoms with Crippen LogP contribution in [0, 0.1) is 6.92 Å². The zero-order valence-electron chi connectivity index (χ0n) is 10.9. The minimum atomic E-state index is -0.390. The van der Waals surface area contributed by atoms with Gasteiger partial charge in [-0.05, 0) is 30.9 Å². The van der Waals surface area contributed by atoms with E-state index in [1.165, 1.54) is 11.1 Å². The van der Waals surface area contributed by atoms with Gasteiger partial charge in [0.05, 0.1) is 18.7 Å². The van der Waals surface area contributed by atoms with Crippen molar-refractivity contribution in [3.05, 3.63) is 47.1 Å². The van der Waals surface area contributed by atoms with Crippen molar-refractivity contribution >= 4 is 0 Å². The average molecular weight is 259 g/mol. The van der Waals surface area contributed by atoms with Gasteiger partial charge in [0.15, 0.2) is 5.82 Å². The van der Waals surface area contributed by atoms with E-state index in [0.717, 1.165) is 12.8 Å². The van der Waals surface area contributed by atoms with E-state index in [2.05, 4.69) is 27.6 Å². The lowest BCUT2D eigenvalue weighted by Crippen LogP contribution is -2.43. The number of aliphatic hydroxyl groups excluding tert-OH is 1. The van der Waals surface area contributed by atoms with Crippen LogP contribution < -0.4 is 5.32 Å². The van der Waals surface area contributed by atoms with Gasteiger partial charge in [-0.1, -0.05) is 29.4 Å². The van der Waals surface area contributed by atoms with Gasteiger partial charge in [0.1, 0.15) is 0 Å². The van der Waals surface area contributed by atoms with Gasteiger partial charge in [0, 0.05) is 0 Å². The van der Waals surface area contributed by atoms with Gasteiger partial charge >= 0.3 is 0 Å². The van der Waals surface area contributed by atoms with Gasteiger partial charge in [-0.25, -0.2) is 0 Å². The number of hydrogen-bond donors (Lipinski definition) is 2. The molecule has 1 aliphatic carbocycles. The van der Waals surface area contributed by atoms with E-state index in [1.54, 1.807) is 6.92 Å². The first kappa shape index (κ1) is 12.3. The van der Waals surface area contributed by atoms with Crippen LogP contribution in [-0.4, -0.2) is 21.9 Å². The molecular formula is C14H17N3O2. The standard InChI is InChI=1S/C14H17N3O2/c1-10-16-13(19-17-10)8-15-14(9-18)7-6-11-4-2-3-5-12(11)14/h2-5,15,18H,6-9H2,1H3. The van der Waals surface area contributed by atoms with Crippen LogP contribution in [-0.2, 0) is 18.5 Å². The smallest absolute Gasteiger partial charge is 0.240 e. The maximum atomic E-state index is 9.82. The largest absolute Gasteiger partial charge is 0.394 e. The van der Waals surface area contributed by atoms with E-state index in [4.69, 9.17) is 4.52 Å². The van der Waals surface area contributed by atoms with E-state index >= 15 is 0 Å². The summed E-state index contributed by atoms with van der Waals surface area (Å²) >= 11 is 0. The second-order valence-corrected chi connectivity index (χ2v) is 4.99. The third-order valence-electron chi connectivity index (χ3n) is 3.77. The lowest BCUT2D eigenvalue weighted by atomic mass is 9.92. The summed E-state index contributed by atoms with van der Waals surface area (Å²) in [5.74, 6) is 1.18. The summed E-state index contributed by atoms with van der Waals surface area (Å²) in [6.07, 6.45) is 1.86. The van der Waals surface area contributed by atoms with Crippen LogP contribution in [0.5, 0.6) is 0 Å². The highest BCUT2D eigenvalue weighted by molar-refractivity contribution is 5.38. The molecule has 1 unspecified atom stereocenters. The number of aryl methyl sites for hydroxylation is 2. The van der Waals surface area contributed by atoms with Crippen molar-refractivity contribution in [3.8, 4) is 0 Å². The molecular weight excluding hydrogens is 242 g/mol. The molecule has 3 rings (SSSR count). The maximum absolute atomic E-state index is 9.82. The Labute approximate surface area is 111 Å². The lowest BCUT2D eigenvalue weighted by molar-refractivity contribution is 0.154. The molecule has 0 saturated carbocycles. The van der Waals surface area contributed by atoms with Gasteiger partial charge in [-0.15, -0.1) is 0 Å². The summed E-state index contributed by atoms with van der Waals surface area (Å²) < 4.78 is 5.10. The number of nitrogens with one attached hydrogen (secondary N) is 1. The number of rotatable bonds is 4. The summed E-state index contributed by atoms with van der Waals surface area (Å²) in [4.78, 5) is 4.17. The first-order chi connectivity index (χ1) is 9.23. The van der Waals surface area contributed by atoms with E-state index in [0.29, 0.717) is 18.3 Å². The predicted octanol–water partition coefficient (Wildman–Crippen LogP) is 1.30. The third kappa shape index (κ3) is 2.15. The van der Waals surface area contributed by atoms with Crippen LogP contribution in [0.15, 0.2) is 28.8 Å². The number of aromatic nitrogens is 2. The van der Waals surface area contributed by atoms with Crippen LogP contribution in [0.2, 0.25) is 0 Å². The highest BCUT2D eigenvalue weighted by Crippen LogP contribution is 2.36. The topological polar surface area (TPSA) is 71.2 Å². The molecule has 1 atom stereocenters. The summed E-state index contributed by atoms with van der Waals surface area (Å²) in [5.41, 5.74) is 2.08. The molecule has 0 amide bonds. The first-order valence-corrected chi connectivity index (χ1v) is 6.47. The number of nitrogens with zero attached hydrogens (tertiary/aromatic N) is 2. The molecule has 1 aromatic carbocycles. The highest BCUT2D eigenvalue weighted by Gasteiger charge is 2.37. The summed E-state index contributed by atoms with van der Waals surface area (Å²) in [6, 6.07) is 8.23. The van der Waals surface area contributed by atoms with Crippen molar-refractivity contribution in [2.75, 3.05) is 6.61 Å². The monoisotopic (exact) mass is 259 g/mol. The van der Waals surface area contributed by atoms with E-state index in [1.807, 2.05) is 12.1 Å². The number of aliphatic hydroxyl groups is 1. The number of fused-ring (bicyclic) bond motifs is 1. The normalized spacial score (nSPS) is 21.6. The lowest BCUT2D eigenvalue weighted by Gasteiger charge is -2.29. The fourth-order valence-corrected chi connectivity index (χ4v) is 2.75. The molecule has 0 fully saturated rings. The van der Waals surface area contributed by atoms with Gasteiger partial charge in [0.25, 0.3) is 0 Å². The zero-order valence-corrected chi connectivity index (χ0v) is 10.9. The molecule has 0 bridgehead atoms. The van der Waals surface area contributed by atoms with E-state index in [9.17, 15) is 5.11 Å². The van der Waals surface area contributed by atoms with Crippen molar-refractivity contribution in [2.45, 2.75) is 31.8 Å². The minimum Gasteiger partial charge on any atom is -0.394 e. The molecule has 0 radical (unpaired) electrons. The molecule has 2 N–H and O–H groups in total. The molecule has 1 aliphatic rings. The summed E-state index contributed by atoms with van der Waals surface area (Å²) in [7, 11) is 0. The van der Waals surface area contributed by atoms with Crippen LogP contribution in [0.25, 0.3) is 0 Å². The summed E-state index contributed by atoms with van der Waals surface area (Å²) in [5, 5.41) is 17.0. The summed E-state index contributed by atoms with van der Waals surface area (Å²) in [6.45, 7) is 2.33. The van der Waals surface area contributed by atoms with E-state index < -0.39 is 0 Å². The fourth-order valence-electron chi connectivity index (χ4n) is 2.75. The van der Waals surface area contributed by atoms with Gasteiger partial charge < -0.3 is 9.63 Å². The Kier molecular flexibility index (Phi) is 3.08. The molecule has 1 heterocycles. The molecule has 5 heteroatoms. The van der Waals surface area contributed by atoms with Gasteiger partial charge in [-0.2, -0.15) is 4.98 Å². The number of hydrogen-bond acceptors (Lipinski definition) is 5. The SMILES string of the molecule is Cc1noc(CNC2(CO)CCc3ccccc32)n1. The van der Waals surface area contributed by atoms with Crippen molar-refractivity contribution < 1.29 is 9.63 Å². The second-order valence-electron chi connectivity index (χ2n) is 4.99. The molecule has 1 aromatic heterocycles. The highest BCUT2D eigenvalue weighted by atomic mass is 16.5. The molecule has 19 heavy (non-hydrogen) atoms. The Bertz CT molecular complexity index is 582. The van der Waals surface area contributed by atoms with Gasteiger partial charge in [-0.3, -0.25) is 5.32 Å². The third-order valence-corrected chi connectivity index (χ3v) is 3.77. The van der Waals surface area contributed by atoms with Crippen molar-refractivity contribution in [3.63, 3.8) is 0 Å². The Morgan fingerprint density at radius 1 is 1.42 bits per heavy atom. The van der Waals surface area contributed by atoms with Gasteiger partial charge in [0.2, 0.25) is 5.89 Å². The molecule has 0 saturated heterocycles.